The Morgan fingerprint density at radius 2 is 2.31 bits per heavy atom. The first kappa shape index (κ1) is 8.97. The first-order chi connectivity index (χ1) is 6.18. The summed E-state index contributed by atoms with van der Waals surface area (Å²) >= 11 is 3.49. The highest BCUT2D eigenvalue weighted by atomic mass is 79.9. The van der Waals surface area contributed by atoms with Crippen LogP contribution in [-0.4, -0.2) is 29.3 Å². The van der Waals surface area contributed by atoms with E-state index in [1.54, 1.807) is 6.20 Å². The van der Waals surface area contributed by atoms with Gasteiger partial charge in [0.2, 0.25) is 0 Å². The predicted octanol–water partition coefficient (Wildman–Crippen LogP) is 1.33. The van der Waals surface area contributed by atoms with Gasteiger partial charge in [-0.3, -0.25) is 0 Å². The van der Waals surface area contributed by atoms with Crippen LogP contribution in [0, 0.1) is 6.92 Å². The molecule has 1 aliphatic rings. The third kappa shape index (κ3) is 1.56. The fourth-order valence-corrected chi connectivity index (χ4v) is 1.86. The summed E-state index contributed by atoms with van der Waals surface area (Å²) in [5, 5.41) is 9.16. The van der Waals surface area contributed by atoms with E-state index in [2.05, 4.69) is 25.8 Å². The van der Waals surface area contributed by atoms with Gasteiger partial charge in [-0.1, -0.05) is 0 Å². The number of aryl methyl sites for hydroxylation is 1. The van der Waals surface area contributed by atoms with Crippen LogP contribution in [0.1, 0.15) is 5.56 Å². The zero-order chi connectivity index (χ0) is 9.42. The molecule has 1 aromatic rings. The lowest BCUT2D eigenvalue weighted by Gasteiger charge is -2.37. The number of nitrogens with zero attached hydrogens (tertiary/aromatic N) is 2. The number of aliphatic hydroxyl groups is 1. The molecule has 70 valence electrons. The van der Waals surface area contributed by atoms with Crippen molar-refractivity contribution in [3.63, 3.8) is 0 Å². The van der Waals surface area contributed by atoms with Gasteiger partial charge >= 0.3 is 0 Å². The van der Waals surface area contributed by atoms with Crippen LogP contribution in [0.15, 0.2) is 16.7 Å². The number of β-amino-alcohol motifs (C(OH)–C–C–N with tert-alkyl or cyclic N) is 1. The molecule has 1 saturated heterocycles. The van der Waals surface area contributed by atoms with Crippen LogP contribution in [0.2, 0.25) is 0 Å². The molecule has 0 radical (unpaired) electrons. The number of rotatable bonds is 1. The minimum Gasteiger partial charge on any atom is -0.389 e. The van der Waals surface area contributed by atoms with E-state index in [0.29, 0.717) is 13.1 Å². The van der Waals surface area contributed by atoms with Crippen molar-refractivity contribution in [3.8, 4) is 0 Å². The molecule has 0 spiro atoms. The van der Waals surface area contributed by atoms with E-state index in [9.17, 15) is 0 Å². The van der Waals surface area contributed by atoms with Crippen LogP contribution >= 0.6 is 15.9 Å². The van der Waals surface area contributed by atoms with E-state index in [4.69, 9.17) is 5.11 Å². The maximum Gasteiger partial charge on any atom is 0.143 e. The summed E-state index contributed by atoms with van der Waals surface area (Å²) in [6, 6.07) is 1.96. The quantitative estimate of drug-likeness (QED) is 0.808. The number of pyridine rings is 1. The Bertz CT molecular complexity index is 323. The second-order valence-electron chi connectivity index (χ2n) is 3.32. The Labute approximate surface area is 85.5 Å². The Morgan fingerprint density at radius 1 is 1.62 bits per heavy atom. The van der Waals surface area contributed by atoms with Gasteiger partial charge in [0.05, 0.1) is 10.6 Å². The molecule has 13 heavy (non-hydrogen) atoms. The molecule has 4 heteroatoms. The molecule has 2 rings (SSSR count). The van der Waals surface area contributed by atoms with Gasteiger partial charge in [-0.2, -0.15) is 0 Å². The SMILES string of the molecule is Cc1ccnc(N2CC(O)C2)c1Br. The first-order valence-electron chi connectivity index (χ1n) is 4.22. The number of aliphatic hydroxyl groups excluding tert-OH is 1. The summed E-state index contributed by atoms with van der Waals surface area (Å²) in [5.74, 6) is 0.935. The Hall–Kier alpha value is -0.610. The normalized spacial score (nSPS) is 17.3. The van der Waals surface area contributed by atoms with Gasteiger partial charge in [-0.05, 0) is 34.5 Å². The number of aromatic nitrogens is 1. The number of hydrogen-bond donors (Lipinski definition) is 1. The highest BCUT2D eigenvalue weighted by molar-refractivity contribution is 9.10. The Balaban J connectivity index is 2.26. The largest absolute Gasteiger partial charge is 0.389 e. The van der Waals surface area contributed by atoms with E-state index in [1.807, 2.05) is 13.0 Å². The van der Waals surface area contributed by atoms with E-state index in [1.165, 1.54) is 5.56 Å². The molecule has 0 atom stereocenters. The van der Waals surface area contributed by atoms with Crippen LogP contribution in [0.5, 0.6) is 0 Å². The first-order valence-corrected chi connectivity index (χ1v) is 5.02. The molecule has 0 amide bonds. The van der Waals surface area contributed by atoms with Crippen LogP contribution < -0.4 is 4.90 Å². The van der Waals surface area contributed by atoms with Crippen LogP contribution in [0.3, 0.4) is 0 Å². The van der Waals surface area contributed by atoms with Crippen molar-refractivity contribution in [1.29, 1.82) is 0 Å². The third-order valence-corrected chi connectivity index (χ3v) is 3.21. The topological polar surface area (TPSA) is 36.4 Å². The van der Waals surface area contributed by atoms with Gasteiger partial charge in [0, 0.05) is 19.3 Å². The zero-order valence-electron chi connectivity index (χ0n) is 7.37. The molecule has 1 aromatic heterocycles. The fraction of sp³-hybridized carbons (Fsp3) is 0.444. The van der Waals surface area contributed by atoms with E-state index >= 15 is 0 Å². The molecule has 1 fully saturated rings. The van der Waals surface area contributed by atoms with Crippen molar-refractivity contribution in [1.82, 2.24) is 4.98 Å². The minimum atomic E-state index is -0.186. The van der Waals surface area contributed by atoms with E-state index < -0.39 is 0 Å². The van der Waals surface area contributed by atoms with Crippen LogP contribution in [0.25, 0.3) is 0 Å². The second-order valence-corrected chi connectivity index (χ2v) is 4.12. The minimum absolute atomic E-state index is 0.186. The Morgan fingerprint density at radius 3 is 2.92 bits per heavy atom. The molecule has 0 saturated carbocycles. The highest BCUT2D eigenvalue weighted by Crippen LogP contribution is 2.29. The van der Waals surface area contributed by atoms with Crippen molar-refractivity contribution < 1.29 is 5.11 Å². The van der Waals surface area contributed by atoms with Crippen molar-refractivity contribution in [3.05, 3.63) is 22.3 Å². The summed E-state index contributed by atoms with van der Waals surface area (Å²) in [6.07, 6.45) is 1.61. The lowest BCUT2D eigenvalue weighted by molar-refractivity contribution is 0.141. The van der Waals surface area contributed by atoms with Gasteiger partial charge in [-0.15, -0.1) is 0 Å². The molecule has 0 aliphatic carbocycles. The number of anilines is 1. The number of halogens is 1. The predicted molar refractivity (Wildman–Crippen MR) is 54.9 cm³/mol. The van der Waals surface area contributed by atoms with Crippen LogP contribution in [0.4, 0.5) is 5.82 Å². The molecule has 0 bridgehead atoms. The molecule has 2 heterocycles. The van der Waals surface area contributed by atoms with Crippen molar-refractivity contribution in [2.75, 3.05) is 18.0 Å². The Kier molecular flexibility index (Phi) is 2.26. The molecule has 1 aliphatic heterocycles. The summed E-state index contributed by atoms with van der Waals surface area (Å²) in [4.78, 5) is 6.32. The van der Waals surface area contributed by atoms with Gasteiger partial charge in [-0.25, -0.2) is 4.98 Å². The smallest absolute Gasteiger partial charge is 0.143 e. The summed E-state index contributed by atoms with van der Waals surface area (Å²) in [5.41, 5.74) is 1.17. The molecule has 0 unspecified atom stereocenters. The average Bonchev–Trinajstić information content (AvgIpc) is 2.05. The van der Waals surface area contributed by atoms with Gasteiger partial charge in [0.15, 0.2) is 0 Å². The fourth-order valence-electron chi connectivity index (χ4n) is 1.37. The van der Waals surface area contributed by atoms with Crippen molar-refractivity contribution >= 4 is 21.7 Å². The van der Waals surface area contributed by atoms with E-state index in [-0.39, 0.29) is 6.10 Å². The molecule has 1 N–H and O–H groups in total. The zero-order valence-corrected chi connectivity index (χ0v) is 8.95. The molecular formula is C9H11BrN2O. The van der Waals surface area contributed by atoms with E-state index in [0.717, 1.165) is 10.3 Å². The lowest BCUT2D eigenvalue weighted by Crippen LogP contribution is -2.51. The molecular weight excluding hydrogens is 232 g/mol. The highest BCUT2D eigenvalue weighted by Gasteiger charge is 2.27. The number of hydrogen-bond acceptors (Lipinski definition) is 3. The molecule has 0 aromatic carbocycles. The molecule has 3 nitrogen and oxygen atoms in total. The monoisotopic (exact) mass is 242 g/mol. The maximum absolute atomic E-state index is 9.16. The van der Waals surface area contributed by atoms with Gasteiger partial charge in [0.1, 0.15) is 5.82 Å². The van der Waals surface area contributed by atoms with Gasteiger partial charge < -0.3 is 10.0 Å². The lowest BCUT2D eigenvalue weighted by atomic mass is 10.1. The summed E-state index contributed by atoms with van der Waals surface area (Å²) < 4.78 is 1.03. The summed E-state index contributed by atoms with van der Waals surface area (Å²) in [6.45, 7) is 3.41. The van der Waals surface area contributed by atoms with Crippen molar-refractivity contribution in [2.24, 2.45) is 0 Å². The second kappa shape index (κ2) is 3.27. The van der Waals surface area contributed by atoms with Gasteiger partial charge in [0.25, 0.3) is 0 Å². The summed E-state index contributed by atoms with van der Waals surface area (Å²) in [7, 11) is 0. The maximum atomic E-state index is 9.16. The van der Waals surface area contributed by atoms with Crippen LogP contribution in [-0.2, 0) is 0 Å². The third-order valence-electron chi connectivity index (χ3n) is 2.23. The van der Waals surface area contributed by atoms with Crippen molar-refractivity contribution in [2.45, 2.75) is 13.0 Å². The average molecular weight is 243 g/mol. The standard InChI is InChI=1S/C9H11BrN2O/c1-6-2-3-11-9(8(6)10)12-4-7(13)5-12/h2-3,7,13H,4-5H2,1H3.